The highest BCUT2D eigenvalue weighted by atomic mass is 35.5. The smallest absolute Gasteiger partial charge is 0.269 e. The summed E-state index contributed by atoms with van der Waals surface area (Å²) in [7, 11) is 0. The molecule has 10 heteroatoms. The Kier molecular flexibility index (Phi) is 9.43. The maximum absolute atomic E-state index is 13.2. The van der Waals surface area contributed by atoms with Gasteiger partial charge in [0.2, 0.25) is 11.8 Å². The number of aromatic nitrogens is 2. The van der Waals surface area contributed by atoms with Gasteiger partial charge in [-0.2, -0.15) is 5.10 Å². The number of non-ortho nitro benzene ring substituents is 1. The van der Waals surface area contributed by atoms with Crippen molar-refractivity contribution in [1.29, 1.82) is 0 Å². The monoisotopic (exact) mass is 557 g/mol. The summed E-state index contributed by atoms with van der Waals surface area (Å²) in [6.45, 7) is 2.23. The Morgan fingerprint density at radius 3 is 2.42 bits per heavy atom. The van der Waals surface area contributed by atoms with E-state index in [-0.39, 0.29) is 24.0 Å². The molecule has 4 rings (SSSR count). The van der Waals surface area contributed by atoms with Gasteiger partial charge in [0.25, 0.3) is 5.69 Å². The maximum atomic E-state index is 13.2. The van der Waals surface area contributed by atoms with E-state index in [0.29, 0.717) is 34.3 Å². The number of rotatable bonds is 11. The molecule has 0 spiro atoms. The number of amides is 2. The molecule has 0 saturated carbocycles. The fourth-order valence-corrected chi connectivity index (χ4v) is 4.19. The van der Waals surface area contributed by atoms with Crippen molar-refractivity contribution in [2.24, 2.45) is 0 Å². The molecular formula is C30H28ClN5O4. The molecule has 1 N–H and O–H groups in total. The first kappa shape index (κ1) is 28.3. The third-order valence-electron chi connectivity index (χ3n) is 6.08. The van der Waals surface area contributed by atoms with E-state index in [4.69, 9.17) is 16.7 Å². The number of benzene rings is 3. The number of nitrogens with one attached hydrogen (secondary N) is 1. The lowest BCUT2D eigenvalue weighted by molar-refractivity contribution is -0.384. The Morgan fingerprint density at radius 2 is 1.75 bits per heavy atom. The quantitative estimate of drug-likeness (QED) is 0.131. The van der Waals surface area contributed by atoms with Gasteiger partial charge in [0.05, 0.1) is 21.3 Å². The van der Waals surface area contributed by atoms with Gasteiger partial charge in [0.15, 0.2) is 0 Å². The van der Waals surface area contributed by atoms with Crippen LogP contribution >= 0.6 is 11.6 Å². The molecule has 0 aliphatic carbocycles. The average molecular weight is 558 g/mol. The van der Waals surface area contributed by atoms with Crippen LogP contribution in [0.5, 0.6) is 0 Å². The van der Waals surface area contributed by atoms with Crippen LogP contribution in [0, 0.1) is 10.1 Å². The van der Waals surface area contributed by atoms with Gasteiger partial charge in [-0.05, 0) is 42.3 Å². The predicted octanol–water partition coefficient (Wildman–Crippen LogP) is 6.38. The Morgan fingerprint density at radius 1 is 1.05 bits per heavy atom. The van der Waals surface area contributed by atoms with Gasteiger partial charge >= 0.3 is 0 Å². The Bertz CT molecular complexity index is 1520. The normalized spacial score (nSPS) is 10.9. The fourth-order valence-electron chi connectivity index (χ4n) is 3.98. The molecule has 204 valence electrons. The summed E-state index contributed by atoms with van der Waals surface area (Å²) in [5.74, 6) is -0.311. The SMILES string of the molecule is CCCCN(CC(=O)Nc1cc(-c2ccccc2)nn1-c1ccccc1Cl)C(=O)C=Cc1ccc([N+](=O)[O-])cc1. The first-order valence-corrected chi connectivity index (χ1v) is 13.1. The number of nitro groups is 1. The molecule has 0 saturated heterocycles. The molecule has 0 bridgehead atoms. The Labute approximate surface area is 236 Å². The van der Waals surface area contributed by atoms with Crippen LogP contribution in [0.3, 0.4) is 0 Å². The van der Waals surface area contributed by atoms with Crippen molar-refractivity contribution in [3.05, 3.63) is 112 Å². The van der Waals surface area contributed by atoms with Gasteiger partial charge < -0.3 is 10.2 Å². The van der Waals surface area contributed by atoms with Crippen molar-refractivity contribution < 1.29 is 14.5 Å². The number of para-hydroxylation sites is 1. The molecule has 0 atom stereocenters. The average Bonchev–Trinajstić information content (AvgIpc) is 3.38. The van der Waals surface area contributed by atoms with Gasteiger partial charge in [-0.1, -0.05) is 67.4 Å². The molecule has 1 heterocycles. The highest BCUT2D eigenvalue weighted by Crippen LogP contribution is 2.28. The van der Waals surface area contributed by atoms with E-state index in [1.54, 1.807) is 41.1 Å². The van der Waals surface area contributed by atoms with Crippen LogP contribution in [0.1, 0.15) is 25.3 Å². The third-order valence-corrected chi connectivity index (χ3v) is 6.40. The number of unbranched alkanes of at least 4 members (excludes halogenated alkanes) is 1. The zero-order valence-electron chi connectivity index (χ0n) is 21.9. The van der Waals surface area contributed by atoms with Crippen LogP contribution in [0.25, 0.3) is 23.0 Å². The minimum absolute atomic E-state index is 0.0313. The summed E-state index contributed by atoms with van der Waals surface area (Å²) < 4.78 is 1.58. The highest BCUT2D eigenvalue weighted by Gasteiger charge is 2.19. The first-order chi connectivity index (χ1) is 19.4. The lowest BCUT2D eigenvalue weighted by Crippen LogP contribution is -2.38. The number of hydrogen-bond donors (Lipinski definition) is 1. The second-order valence-corrected chi connectivity index (χ2v) is 9.39. The minimum atomic E-state index is -0.482. The van der Waals surface area contributed by atoms with Gasteiger partial charge in [0.1, 0.15) is 12.4 Å². The van der Waals surface area contributed by atoms with Gasteiger partial charge in [0, 0.05) is 36.4 Å². The fraction of sp³-hybridized carbons (Fsp3) is 0.167. The Hall–Kier alpha value is -4.76. The molecule has 0 unspecified atom stereocenters. The van der Waals surface area contributed by atoms with Crippen molar-refractivity contribution >= 4 is 41.0 Å². The second kappa shape index (κ2) is 13.3. The first-order valence-electron chi connectivity index (χ1n) is 12.8. The van der Waals surface area contributed by atoms with Crippen LogP contribution in [-0.4, -0.2) is 44.5 Å². The van der Waals surface area contributed by atoms with Crippen LogP contribution in [0.4, 0.5) is 11.5 Å². The van der Waals surface area contributed by atoms with E-state index in [1.165, 1.54) is 23.1 Å². The number of nitro benzene ring substituents is 1. The van der Waals surface area contributed by atoms with Crippen molar-refractivity contribution in [3.8, 4) is 16.9 Å². The minimum Gasteiger partial charge on any atom is -0.330 e. The summed E-state index contributed by atoms with van der Waals surface area (Å²) in [6.07, 6.45) is 4.50. The summed E-state index contributed by atoms with van der Waals surface area (Å²) in [4.78, 5) is 38.1. The number of carbonyl (C=O) groups excluding carboxylic acids is 2. The van der Waals surface area contributed by atoms with Crippen LogP contribution in [0.15, 0.2) is 91.0 Å². The second-order valence-electron chi connectivity index (χ2n) is 8.99. The van der Waals surface area contributed by atoms with Crippen molar-refractivity contribution in [3.63, 3.8) is 0 Å². The van der Waals surface area contributed by atoms with E-state index < -0.39 is 4.92 Å². The van der Waals surface area contributed by atoms with E-state index in [9.17, 15) is 19.7 Å². The summed E-state index contributed by atoms with van der Waals surface area (Å²) in [5, 5.41) is 18.9. The van der Waals surface area contributed by atoms with Crippen LogP contribution < -0.4 is 5.32 Å². The molecule has 0 fully saturated rings. The standard InChI is InChI=1S/C30H28ClN5O4/c1-2-3-19-34(30(38)18-15-22-13-16-24(17-14-22)36(39)40)21-29(37)32-28-20-26(23-9-5-4-6-10-23)33-35(28)27-12-8-7-11-25(27)31/h4-18,20H,2-3,19,21H2,1H3,(H,32,37). The van der Waals surface area contributed by atoms with Crippen molar-refractivity contribution in [1.82, 2.24) is 14.7 Å². The van der Waals surface area contributed by atoms with E-state index in [2.05, 4.69) is 5.32 Å². The molecule has 40 heavy (non-hydrogen) atoms. The van der Waals surface area contributed by atoms with Crippen LogP contribution in [-0.2, 0) is 9.59 Å². The topological polar surface area (TPSA) is 110 Å². The number of anilines is 1. The lowest BCUT2D eigenvalue weighted by Gasteiger charge is -2.20. The van der Waals surface area contributed by atoms with Crippen molar-refractivity contribution in [2.75, 3.05) is 18.4 Å². The number of carbonyl (C=O) groups is 2. The predicted molar refractivity (Wildman–Crippen MR) is 156 cm³/mol. The van der Waals surface area contributed by atoms with Crippen molar-refractivity contribution in [2.45, 2.75) is 19.8 Å². The zero-order valence-corrected chi connectivity index (χ0v) is 22.6. The number of hydrogen-bond acceptors (Lipinski definition) is 5. The molecule has 4 aromatic rings. The summed E-state index contributed by atoms with van der Waals surface area (Å²) >= 11 is 6.45. The molecule has 3 aromatic carbocycles. The maximum Gasteiger partial charge on any atom is 0.269 e. The van der Waals surface area contributed by atoms with E-state index >= 15 is 0 Å². The van der Waals surface area contributed by atoms with E-state index in [0.717, 1.165) is 18.4 Å². The summed E-state index contributed by atoms with van der Waals surface area (Å²) in [5.41, 5.74) is 2.74. The highest BCUT2D eigenvalue weighted by molar-refractivity contribution is 6.32. The van der Waals surface area contributed by atoms with Gasteiger partial charge in [-0.25, -0.2) is 4.68 Å². The Balaban J connectivity index is 1.54. The van der Waals surface area contributed by atoms with E-state index in [1.807, 2.05) is 49.4 Å². The molecule has 2 amide bonds. The number of nitrogens with zero attached hydrogens (tertiary/aromatic N) is 4. The zero-order chi connectivity index (χ0) is 28.5. The van der Waals surface area contributed by atoms with Gasteiger partial charge in [-0.15, -0.1) is 0 Å². The molecule has 0 radical (unpaired) electrons. The third kappa shape index (κ3) is 7.21. The molecule has 0 aliphatic heterocycles. The van der Waals surface area contributed by atoms with Crippen LogP contribution in [0.2, 0.25) is 5.02 Å². The number of halogens is 1. The molecule has 0 aliphatic rings. The van der Waals surface area contributed by atoms with Gasteiger partial charge in [-0.3, -0.25) is 19.7 Å². The lowest BCUT2D eigenvalue weighted by atomic mass is 10.1. The molecular weight excluding hydrogens is 530 g/mol. The summed E-state index contributed by atoms with van der Waals surface area (Å²) in [6, 6.07) is 24.4. The molecule has 9 nitrogen and oxygen atoms in total. The largest absolute Gasteiger partial charge is 0.330 e. The molecule has 1 aromatic heterocycles.